The van der Waals surface area contributed by atoms with E-state index >= 15 is 0 Å². The first-order valence-corrected chi connectivity index (χ1v) is 5.55. The Balaban J connectivity index is 2.11. The van der Waals surface area contributed by atoms with Crippen molar-refractivity contribution in [3.8, 4) is 0 Å². The molecule has 1 saturated carbocycles. The highest BCUT2D eigenvalue weighted by atomic mass is 32.1. The first kappa shape index (κ1) is 8.24. The lowest BCUT2D eigenvalue weighted by molar-refractivity contribution is 0.595. The summed E-state index contributed by atoms with van der Waals surface area (Å²) >= 11 is 1.84. The Bertz CT molecular complexity index is 267. The molecule has 2 atom stereocenters. The molecular formula is C10H15NS. The Morgan fingerprint density at radius 3 is 2.83 bits per heavy atom. The van der Waals surface area contributed by atoms with Crippen LogP contribution in [0.5, 0.6) is 0 Å². The molecule has 1 heterocycles. The fraction of sp³-hybridized carbons (Fsp3) is 0.700. The maximum atomic E-state index is 4.55. The van der Waals surface area contributed by atoms with Crippen molar-refractivity contribution < 1.29 is 0 Å². The van der Waals surface area contributed by atoms with Gasteiger partial charge >= 0.3 is 0 Å². The summed E-state index contributed by atoms with van der Waals surface area (Å²) in [5.41, 5.74) is 1.19. The summed E-state index contributed by atoms with van der Waals surface area (Å²) < 4.78 is 0. The fourth-order valence-electron chi connectivity index (χ4n) is 1.99. The number of hydrogen-bond donors (Lipinski definition) is 0. The molecule has 1 aliphatic carbocycles. The Hall–Kier alpha value is -0.370. The maximum absolute atomic E-state index is 4.55. The van der Waals surface area contributed by atoms with Gasteiger partial charge in [-0.2, -0.15) is 0 Å². The molecule has 66 valence electrons. The minimum atomic E-state index is 0.777. The van der Waals surface area contributed by atoms with E-state index in [1.807, 2.05) is 11.3 Å². The van der Waals surface area contributed by atoms with Crippen molar-refractivity contribution in [1.82, 2.24) is 4.98 Å². The summed E-state index contributed by atoms with van der Waals surface area (Å²) in [5, 5.41) is 3.54. The second-order valence-corrected chi connectivity index (χ2v) is 4.83. The molecular weight excluding hydrogens is 166 g/mol. The highest BCUT2D eigenvalue weighted by Crippen LogP contribution is 2.38. The van der Waals surface area contributed by atoms with E-state index in [1.165, 1.54) is 30.0 Å². The summed E-state index contributed by atoms with van der Waals surface area (Å²) in [7, 11) is 0. The van der Waals surface area contributed by atoms with E-state index in [2.05, 4.69) is 24.2 Å². The average molecular weight is 181 g/mol. The van der Waals surface area contributed by atoms with Crippen LogP contribution in [-0.2, 0) is 0 Å². The topological polar surface area (TPSA) is 12.9 Å². The highest BCUT2D eigenvalue weighted by Gasteiger charge is 2.24. The molecule has 1 aromatic rings. The molecule has 2 rings (SSSR count). The van der Waals surface area contributed by atoms with Crippen molar-refractivity contribution in [3.63, 3.8) is 0 Å². The summed E-state index contributed by atoms with van der Waals surface area (Å²) in [6.45, 7) is 4.43. The van der Waals surface area contributed by atoms with Crippen molar-refractivity contribution in [3.05, 3.63) is 16.1 Å². The number of aryl methyl sites for hydroxylation is 1. The van der Waals surface area contributed by atoms with Gasteiger partial charge in [0.25, 0.3) is 0 Å². The van der Waals surface area contributed by atoms with E-state index in [-0.39, 0.29) is 0 Å². The molecule has 1 aromatic heterocycles. The van der Waals surface area contributed by atoms with Crippen molar-refractivity contribution in [2.75, 3.05) is 0 Å². The van der Waals surface area contributed by atoms with Crippen LogP contribution >= 0.6 is 11.3 Å². The van der Waals surface area contributed by atoms with Gasteiger partial charge in [-0.1, -0.05) is 13.3 Å². The molecule has 0 N–H and O–H groups in total. The summed E-state index contributed by atoms with van der Waals surface area (Å²) in [6.07, 6.45) is 4.10. The van der Waals surface area contributed by atoms with Crippen LogP contribution in [0.25, 0.3) is 0 Å². The van der Waals surface area contributed by atoms with Gasteiger partial charge in [-0.15, -0.1) is 11.3 Å². The van der Waals surface area contributed by atoms with Gasteiger partial charge in [-0.3, -0.25) is 0 Å². The van der Waals surface area contributed by atoms with Crippen LogP contribution in [0, 0.1) is 12.8 Å². The second kappa shape index (κ2) is 3.17. The largest absolute Gasteiger partial charge is 0.246 e. The molecule has 0 amide bonds. The third kappa shape index (κ3) is 1.53. The minimum Gasteiger partial charge on any atom is -0.246 e. The van der Waals surface area contributed by atoms with Crippen LogP contribution in [0.1, 0.15) is 42.8 Å². The van der Waals surface area contributed by atoms with E-state index in [0.29, 0.717) is 0 Å². The molecule has 0 aromatic carbocycles. The van der Waals surface area contributed by atoms with Gasteiger partial charge in [0, 0.05) is 17.0 Å². The molecule has 0 spiro atoms. The van der Waals surface area contributed by atoms with Gasteiger partial charge in [0.2, 0.25) is 0 Å². The monoisotopic (exact) mass is 181 g/mol. The number of thiazole rings is 1. The van der Waals surface area contributed by atoms with Gasteiger partial charge in [0.1, 0.15) is 0 Å². The van der Waals surface area contributed by atoms with Crippen molar-refractivity contribution in [2.45, 2.75) is 39.0 Å². The molecule has 1 fully saturated rings. The van der Waals surface area contributed by atoms with Gasteiger partial charge in [0.05, 0.1) is 5.01 Å². The highest BCUT2D eigenvalue weighted by molar-refractivity contribution is 7.09. The zero-order valence-electron chi connectivity index (χ0n) is 7.71. The number of rotatable bonds is 1. The van der Waals surface area contributed by atoms with E-state index < -0.39 is 0 Å². The quantitative estimate of drug-likeness (QED) is 0.647. The Morgan fingerprint density at radius 1 is 1.50 bits per heavy atom. The Labute approximate surface area is 77.8 Å². The smallest absolute Gasteiger partial charge is 0.0959 e. The summed E-state index contributed by atoms with van der Waals surface area (Å²) in [5.74, 6) is 1.69. The van der Waals surface area contributed by atoms with E-state index in [0.717, 1.165) is 11.8 Å². The molecule has 2 heteroatoms. The first-order chi connectivity index (χ1) is 5.75. The van der Waals surface area contributed by atoms with Crippen molar-refractivity contribution in [1.29, 1.82) is 0 Å². The van der Waals surface area contributed by atoms with Crippen LogP contribution < -0.4 is 0 Å². The Morgan fingerprint density at radius 2 is 2.33 bits per heavy atom. The molecule has 12 heavy (non-hydrogen) atoms. The van der Waals surface area contributed by atoms with Crippen molar-refractivity contribution in [2.24, 2.45) is 5.92 Å². The summed E-state index contributed by atoms with van der Waals surface area (Å²) in [6, 6.07) is 0. The minimum absolute atomic E-state index is 0.777. The lowest BCUT2D eigenvalue weighted by atomic mass is 10.1. The first-order valence-electron chi connectivity index (χ1n) is 4.67. The molecule has 1 aliphatic rings. The van der Waals surface area contributed by atoms with Crippen LogP contribution in [0.3, 0.4) is 0 Å². The molecule has 2 unspecified atom stereocenters. The molecule has 0 saturated heterocycles. The van der Waals surface area contributed by atoms with E-state index in [4.69, 9.17) is 0 Å². The van der Waals surface area contributed by atoms with Crippen molar-refractivity contribution >= 4 is 11.3 Å². The van der Waals surface area contributed by atoms with Crippen LogP contribution in [0.4, 0.5) is 0 Å². The van der Waals surface area contributed by atoms with Gasteiger partial charge in [0.15, 0.2) is 0 Å². The zero-order valence-corrected chi connectivity index (χ0v) is 8.53. The standard InChI is InChI=1S/C10H15NS/c1-7-3-4-9(5-7)10-11-8(2)6-12-10/h6-7,9H,3-5H2,1-2H3. The number of nitrogens with zero attached hydrogens (tertiary/aromatic N) is 1. The fourth-order valence-corrected chi connectivity index (χ4v) is 2.94. The number of aromatic nitrogens is 1. The normalized spacial score (nSPS) is 29.5. The average Bonchev–Trinajstić information content (AvgIpc) is 2.58. The van der Waals surface area contributed by atoms with Crippen LogP contribution in [0.2, 0.25) is 0 Å². The van der Waals surface area contributed by atoms with Gasteiger partial charge < -0.3 is 0 Å². The lowest BCUT2D eigenvalue weighted by Crippen LogP contribution is -1.92. The van der Waals surface area contributed by atoms with E-state index in [9.17, 15) is 0 Å². The molecule has 1 nitrogen and oxygen atoms in total. The summed E-state index contributed by atoms with van der Waals surface area (Å²) in [4.78, 5) is 4.55. The van der Waals surface area contributed by atoms with E-state index in [1.54, 1.807) is 0 Å². The maximum Gasteiger partial charge on any atom is 0.0959 e. The molecule has 0 bridgehead atoms. The lowest BCUT2D eigenvalue weighted by Gasteiger charge is -2.03. The van der Waals surface area contributed by atoms with Gasteiger partial charge in [-0.25, -0.2) is 4.98 Å². The molecule has 0 aliphatic heterocycles. The van der Waals surface area contributed by atoms with Gasteiger partial charge in [-0.05, 0) is 25.7 Å². The zero-order chi connectivity index (χ0) is 8.55. The Kier molecular flexibility index (Phi) is 2.18. The van der Waals surface area contributed by atoms with Crippen LogP contribution in [-0.4, -0.2) is 4.98 Å². The van der Waals surface area contributed by atoms with Crippen LogP contribution in [0.15, 0.2) is 5.38 Å². The SMILES string of the molecule is Cc1csc(C2CCC(C)C2)n1. The number of hydrogen-bond acceptors (Lipinski definition) is 2. The predicted molar refractivity (Wildman–Crippen MR) is 52.6 cm³/mol. The third-order valence-corrected chi connectivity index (χ3v) is 3.81. The predicted octanol–water partition coefficient (Wildman–Crippen LogP) is 3.36. The third-order valence-electron chi connectivity index (χ3n) is 2.68. The molecule has 0 radical (unpaired) electrons. The second-order valence-electron chi connectivity index (χ2n) is 3.94.